The topological polar surface area (TPSA) is 114 Å². The van der Waals surface area contributed by atoms with Crippen LogP contribution < -0.4 is 5.32 Å². The molecule has 0 bridgehead atoms. The summed E-state index contributed by atoms with van der Waals surface area (Å²) in [5, 5.41) is 17.3. The Kier molecular flexibility index (Phi) is 7.04. The molecule has 0 atom stereocenters. The van der Waals surface area contributed by atoms with Crippen molar-refractivity contribution in [1.29, 1.82) is 0 Å². The Bertz CT molecular complexity index is 1090. The number of hydrogen-bond acceptors (Lipinski definition) is 7. The molecule has 0 aliphatic carbocycles. The lowest BCUT2D eigenvalue weighted by Crippen LogP contribution is -2.35. The fraction of sp³-hybridized carbons (Fsp3) is 0.348. The smallest absolute Gasteiger partial charge is 0.316 e. The Balaban J connectivity index is 1.19. The van der Waals surface area contributed by atoms with Gasteiger partial charge in [-0.05, 0) is 68.1 Å². The predicted octanol–water partition coefficient (Wildman–Crippen LogP) is 3.82. The second-order valence-electron chi connectivity index (χ2n) is 8.12. The van der Waals surface area contributed by atoms with E-state index in [1.807, 2.05) is 12.1 Å². The van der Waals surface area contributed by atoms with Crippen LogP contribution in [0.5, 0.6) is 0 Å². The Hall–Kier alpha value is -3.66. The van der Waals surface area contributed by atoms with Crippen molar-refractivity contribution in [2.75, 3.05) is 19.6 Å². The van der Waals surface area contributed by atoms with Crippen LogP contribution in [0.4, 0.5) is 10.1 Å². The standard InChI is InChI=1S/C23H24FN5O4/c24-19-5-1-17(2-6-19)15-28-13-10-16(11-14-28)9-12-25-22(30)23-26-21(27-33-23)18-3-7-20(8-4-18)29(31)32/h1-8,16H,9-15H2,(H,25,30). The number of likely N-dealkylation sites (tertiary alicyclic amines) is 1. The lowest BCUT2D eigenvalue weighted by Gasteiger charge is -2.32. The van der Waals surface area contributed by atoms with Crippen LogP contribution in [0.1, 0.15) is 35.5 Å². The summed E-state index contributed by atoms with van der Waals surface area (Å²) in [6, 6.07) is 12.3. The third-order valence-corrected chi connectivity index (χ3v) is 5.82. The molecule has 10 heteroatoms. The molecule has 1 aromatic heterocycles. The third-order valence-electron chi connectivity index (χ3n) is 5.82. The molecule has 1 saturated heterocycles. The SMILES string of the molecule is O=C(NCCC1CCN(Cc2ccc(F)cc2)CC1)c1nc(-c2ccc([N+](=O)[O-])cc2)no1. The van der Waals surface area contributed by atoms with Crippen LogP contribution in [0.25, 0.3) is 11.4 Å². The molecule has 0 radical (unpaired) electrons. The van der Waals surface area contributed by atoms with Crippen LogP contribution in [0.3, 0.4) is 0 Å². The van der Waals surface area contributed by atoms with E-state index < -0.39 is 10.8 Å². The number of hydrogen-bond donors (Lipinski definition) is 1. The number of nitrogens with zero attached hydrogens (tertiary/aromatic N) is 4. The van der Waals surface area contributed by atoms with Gasteiger partial charge < -0.3 is 9.84 Å². The van der Waals surface area contributed by atoms with Crippen molar-refractivity contribution in [3.8, 4) is 11.4 Å². The van der Waals surface area contributed by atoms with Crippen molar-refractivity contribution in [1.82, 2.24) is 20.4 Å². The van der Waals surface area contributed by atoms with Crippen molar-refractivity contribution in [2.45, 2.75) is 25.8 Å². The predicted molar refractivity (Wildman–Crippen MR) is 118 cm³/mol. The number of nitro groups is 1. The first-order chi connectivity index (χ1) is 16.0. The van der Waals surface area contributed by atoms with Crippen molar-refractivity contribution < 1.29 is 18.6 Å². The first kappa shape index (κ1) is 22.5. The number of halogens is 1. The number of carbonyl (C=O) groups is 1. The zero-order chi connectivity index (χ0) is 23.2. The van der Waals surface area contributed by atoms with Crippen LogP contribution in [-0.2, 0) is 6.54 Å². The molecule has 1 fully saturated rings. The van der Waals surface area contributed by atoms with Gasteiger partial charge in [-0.2, -0.15) is 4.98 Å². The summed E-state index contributed by atoms with van der Waals surface area (Å²) in [6.07, 6.45) is 2.95. The van der Waals surface area contributed by atoms with Crippen LogP contribution in [-0.4, -0.2) is 45.5 Å². The van der Waals surface area contributed by atoms with E-state index in [1.165, 1.54) is 36.4 Å². The van der Waals surface area contributed by atoms with E-state index in [1.54, 1.807) is 0 Å². The van der Waals surface area contributed by atoms with Gasteiger partial charge in [-0.3, -0.25) is 19.8 Å². The summed E-state index contributed by atoms with van der Waals surface area (Å²) in [5.74, 6) is -0.0822. The highest BCUT2D eigenvalue weighted by Crippen LogP contribution is 2.22. The van der Waals surface area contributed by atoms with E-state index in [9.17, 15) is 19.3 Å². The quantitative estimate of drug-likeness (QED) is 0.407. The van der Waals surface area contributed by atoms with E-state index in [0.717, 1.165) is 44.5 Å². The van der Waals surface area contributed by atoms with Gasteiger partial charge in [0.1, 0.15) is 5.82 Å². The van der Waals surface area contributed by atoms with Crippen LogP contribution >= 0.6 is 0 Å². The van der Waals surface area contributed by atoms with Gasteiger partial charge in [0.15, 0.2) is 0 Å². The summed E-state index contributed by atoms with van der Waals surface area (Å²) in [6.45, 7) is 3.27. The fourth-order valence-corrected chi connectivity index (χ4v) is 3.91. The molecule has 0 spiro atoms. The maximum absolute atomic E-state index is 13.0. The van der Waals surface area contributed by atoms with E-state index in [4.69, 9.17) is 4.52 Å². The van der Waals surface area contributed by atoms with Crippen LogP contribution in [0, 0.1) is 21.8 Å². The number of aromatic nitrogens is 2. The molecule has 0 unspecified atom stereocenters. The first-order valence-electron chi connectivity index (χ1n) is 10.8. The Morgan fingerprint density at radius 1 is 1.15 bits per heavy atom. The lowest BCUT2D eigenvalue weighted by atomic mass is 9.93. The zero-order valence-corrected chi connectivity index (χ0v) is 17.9. The molecule has 0 saturated carbocycles. The van der Waals surface area contributed by atoms with Gasteiger partial charge in [0.05, 0.1) is 4.92 Å². The number of piperidine rings is 1. The van der Waals surface area contributed by atoms with Gasteiger partial charge >= 0.3 is 11.8 Å². The van der Waals surface area contributed by atoms with Crippen molar-refractivity contribution in [3.05, 3.63) is 75.9 Å². The molecule has 1 amide bonds. The van der Waals surface area contributed by atoms with Gasteiger partial charge in [0.25, 0.3) is 5.69 Å². The summed E-state index contributed by atoms with van der Waals surface area (Å²) in [7, 11) is 0. The molecule has 3 aromatic rings. The van der Waals surface area contributed by atoms with E-state index >= 15 is 0 Å². The third kappa shape index (κ3) is 5.98. The molecule has 172 valence electrons. The Labute approximate surface area is 189 Å². The van der Waals surface area contributed by atoms with Crippen molar-refractivity contribution in [2.24, 2.45) is 5.92 Å². The van der Waals surface area contributed by atoms with Gasteiger partial charge in [0.2, 0.25) is 5.82 Å². The Morgan fingerprint density at radius 2 is 1.85 bits per heavy atom. The number of nitrogens with one attached hydrogen (secondary N) is 1. The summed E-state index contributed by atoms with van der Waals surface area (Å²) in [5.41, 5.74) is 1.59. The average Bonchev–Trinajstić information content (AvgIpc) is 3.32. The Morgan fingerprint density at radius 3 is 2.52 bits per heavy atom. The highest BCUT2D eigenvalue weighted by atomic mass is 19.1. The highest BCUT2D eigenvalue weighted by Gasteiger charge is 2.21. The van der Waals surface area contributed by atoms with Gasteiger partial charge in [-0.25, -0.2) is 4.39 Å². The summed E-state index contributed by atoms with van der Waals surface area (Å²) >= 11 is 0. The summed E-state index contributed by atoms with van der Waals surface area (Å²) < 4.78 is 18.1. The minimum atomic E-state index is -0.492. The first-order valence-corrected chi connectivity index (χ1v) is 10.8. The second kappa shape index (κ2) is 10.3. The second-order valence-corrected chi connectivity index (χ2v) is 8.12. The van der Waals surface area contributed by atoms with Crippen molar-refractivity contribution >= 4 is 11.6 Å². The molecule has 1 aliphatic heterocycles. The maximum atomic E-state index is 13.0. The largest absolute Gasteiger partial charge is 0.348 e. The number of rotatable bonds is 8. The molecule has 9 nitrogen and oxygen atoms in total. The van der Waals surface area contributed by atoms with E-state index in [0.29, 0.717) is 18.0 Å². The summed E-state index contributed by atoms with van der Waals surface area (Å²) in [4.78, 5) is 29.0. The number of non-ortho nitro benzene ring substituents is 1. The fourth-order valence-electron chi connectivity index (χ4n) is 3.91. The molecule has 2 heterocycles. The number of benzene rings is 2. The van der Waals surface area contributed by atoms with Crippen LogP contribution in [0.15, 0.2) is 53.1 Å². The highest BCUT2D eigenvalue weighted by molar-refractivity contribution is 5.89. The number of nitro benzene ring substituents is 1. The van der Waals surface area contributed by atoms with Crippen molar-refractivity contribution in [3.63, 3.8) is 0 Å². The monoisotopic (exact) mass is 453 g/mol. The number of carbonyl (C=O) groups excluding carboxylic acids is 1. The normalized spacial score (nSPS) is 14.8. The minimum absolute atomic E-state index is 0.0403. The van der Waals surface area contributed by atoms with Gasteiger partial charge in [0, 0.05) is 30.8 Å². The van der Waals surface area contributed by atoms with Gasteiger partial charge in [-0.15, -0.1) is 0 Å². The molecule has 1 aliphatic rings. The molecular weight excluding hydrogens is 429 g/mol. The van der Waals surface area contributed by atoms with E-state index in [-0.39, 0.29) is 23.2 Å². The van der Waals surface area contributed by atoms with Crippen LogP contribution in [0.2, 0.25) is 0 Å². The van der Waals surface area contributed by atoms with E-state index in [2.05, 4.69) is 20.4 Å². The van der Waals surface area contributed by atoms with Gasteiger partial charge in [-0.1, -0.05) is 17.3 Å². The molecular formula is C23H24FN5O4. The molecule has 2 aromatic carbocycles. The minimum Gasteiger partial charge on any atom is -0.348 e. The molecule has 1 N–H and O–H groups in total. The lowest BCUT2D eigenvalue weighted by molar-refractivity contribution is -0.384. The average molecular weight is 453 g/mol. The molecule has 4 rings (SSSR count). The molecule has 33 heavy (non-hydrogen) atoms. The number of amides is 1. The zero-order valence-electron chi connectivity index (χ0n) is 17.9. The maximum Gasteiger partial charge on any atom is 0.316 e.